The minimum absolute atomic E-state index is 0.0302. The van der Waals surface area contributed by atoms with Crippen LogP contribution in [0.25, 0.3) is 10.9 Å². The fourth-order valence-electron chi connectivity index (χ4n) is 3.52. The van der Waals surface area contributed by atoms with Crippen molar-refractivity contribution in [1.82, 2.24) is 9.88 Å². The number of fused-ring (bicyclic) bond motifs is 1. The smallest absolute Gasteiger partial charge is 0.270 e. The first-order valence-electron chi connectivity index (χ1n) is 7.93. The number of aromatic amines is 1. The SMILES string of the molecule is Cc1c(C(=O)N2CCC3(CC2)OCCO3)[nH]c2cc(Cl)ccc12. The van der Waals surface area contributed by atoms with Crippen LogP contribution in [0.4, 0.5) is 0 Å². The summed E-state index contributed by atoms with van der Waals surface area (Å²) in [6.45, 7) is 4.56. The van der Waals surface area contributed by atoms with Gasteiger partial charge >= 0.3 is 0 Å². The van der Waals surface area contributed by atoms with Gasteiger partial charge in [0.15, 0.2) is 5.79 Å². The summed E-state index contributed by atoms with van der Waals surface area (Å²) in [6.07, 6.45) is 1.45. The summed E-state index contributed by atoms with van der Waals surface area (Å²) in [5.41, 5.74) is 2.51. The standard InChI is InChI=1S/C17H19ClN2O3/c1-11-13-3-2-12(18)10-14(13)19-15(11)16(21)20-6-4-17(5-7-20)22-8-9-23-17/h2-3,10,19H,4-9H2,1H3. The van der Waals surface area contributed by atoms with E-state index in [1.807, 2.05) is 30.0 Å². The van der Waals surface area contributed by atoms with Crippen molar-refractivity contribution < 1.29 is 14.3 Å². The van der Waals surface area contributed by atoms with E-state index in [9.17, 15) is 4.79 Å². The number of rotatable bonds is 1. The van der Waals surface area contributed by atoms with Gasteiger partial charge < -0.3 is 19.4 Å². The van der Waals surface area contributed by atoms with Crippen LogP contribution in [0, 0.1) is 6.92 Å². The molecule has 3 heterocycles. The van der Waals surface area contributed by atoms with E-state index in [-0.39, 0.29) is 5.91 Å². The van der Waals surface area contributed by atoms with Crippen LogP contribution >= 0.6 is 11.6 Å². The van der Waals surface area contributed by atoms with Crippen molar-refractivity contribution in [2.45, 2.75) is 25.6 Å². The Kier molecular flexibility index (Phi) is 3.59. The first-order valence-corrected chi connectivity index (χ1v) is 8.31. The molecule has 1 amide bonds. The molecule has 0 radical (unpaired) electrons. The molecule has 0 atom stereocenters. The zero-order chi connectivity index (χ0) is 16.0. The first-order chi connectivity index (χ1) is 11.1. The normalized spacial score (nSPS) is 20.5. The summed E-state index contributed by atoms with van der Waals surface area (Å²) in [4.78, 5) is 18.0. The molecule has 4 rings (SSSR count). The van der Waals surface area contributed by atoms with E-state index < -0.39 is 5.79 Å². The molecule has 0 aliphatic carbocycles. The number of piperidine rings is 1. The second-order valence-electron chi connectivity index (χ2n) is 6.21. The quantitative estimate of drug-likeness (QED) is 0.871. The lowest BCUT2D eigenvalue weighted by Gasteiger charge is -2.37. The molecule has 23 heavy (non-hydrogen) atoms. The van der Waals surface area contributed by atoms with Gasteiger partial charge in [0.25, 0.3) is 5.91 Å². The van der Waals surface area contributed by atoms with E-state index >= 15 is 0 Å². The highest BCUT2D eigenvalue weighted by Gasteiger charge is 2.41. The molecule has 6 heteroatoms. The third-order valence-electron chi connectivity index (χ3n) is 4.86. The van der Waals surface area contributed by atoms with Crippen LogP contribution < -0.4 is 0 Å². The van der Waals surface area contributed by atoms with E-state index in [1.165, 1.54) is 0 Å². The summed E-state index contributed by atoms with van der Waals surface area (Å²) < 4.78 is 11.4. The molecule has 122 valence electrons. The van der Waals surface area contributed by atoms with Gasteiger partial charge in [0.05, 0.1) is 13.2 Å². The molecule has 0 unspecified atom stereocenters. The molecule has 1 spiro atoms. The van der Waals surface area contributed by atoms with Gasteiger partial charge in [0, 0.05) is 41.9 Å². The maximum atomic E-state index is 12.9. The van der Waals surface area contributed by atoms with Crippen LogP contribution in [0.1, 0.15) is 28.9 Å². The number of carbonyl (C=O) groups is 1. The third-order valence-corrected chi connectivity index (χ3v) is 5.10. The van der Waals surface area contributed by atoms with Gasteiger partial charge in [0.2, 0.25) is 0 Å². The number of hydrogen-bond acceptors (Lipinski definition) is 3. The average molecular weight is 335 g/mol. The molecule has 0 saturated carbocycles. The summed E-state index contributed by atoms with van der Waals surface area (Å²) in [7, 11) is 0. The number of ether oxygens (including phenoxy) is 2. The van der Waals surface area contributed by atoms with Crippen LogP contribution in [0.3, 0.4) is 0 Å². The Hall–Kier alpha value is -1.56. The third kappa shape index (κ3) is 2.53. The zero-order valence-corrected chi connectivity index (χ0v) is 13.8. The lowest BCUT2D eigenvalue weighted by Crippen LogP contribution is -2.47. The van der Waals surface area contributed by atoms with E-state index in [4.69, 9.17) is 21.1 Å². The van der Waals surface area contributed by atoms with Gasteiger partial charge in [-0.1, -0.05) is 17.7 Å². The van der Waals surface area contributed by atoms with Gasteiger partial charge in [0.1, 0.15) is 5.69 Å². The van der Waals surface area contributed by atoms with Crippen LogP contribution in [0.15, 0.2) is 18.2 Å². The second kappa shape index (κ2) is 5.51. The van der Waals surface area contributed by atoms with Crippen molar-refractivity contribution >= 4 is 28.4 Å². The molecule has 2 aliphatic heterocycles. The Morgan fingerprint density at radius 2 is 1.96 bits per heavy atom. The molecule has 1 aromatic carbocycles. The Bertz CT molecular complexity index is 755. The molecule has 1 N–H and O–H groups in total. The Balaban J connectivity index is 1.56. The van der Waals surface area contributed by atoms with Gasteiger partial charge in [-0.05, 0) is 24.6 Å². The van der Waals surface area contributed by atoms with Crippen molar-refractivity contribution in [1.29, 1.82) is 0 Å². The molecular formula is C17H19ClN2O3. The molecule has 2 aromatic rings. The molecule has 5 nitrogen and oxygen atoms in total. The predicted molar refractivity (Wildman–Crippen MR) is 87.8 cm³/mol. The van der Waals surface area contributed by atoms with E-state index in [2.05, 4.69) is 4.98 Å². The van der Waals surface area contributed by atoms with E-state index in [0.29, 0.717) is 37.0 Å². The summed E-state index contributed by atoms with van der Waals surface area (Å²) in [5.74, 6) is -0.428. The second-order valence-corrected chi connectivity index (χ2v) is 6.65. The Morgan fingerprint density at radius 1 is 1.26 bits per heavy atom. The number of hydrogen-bond donors (Lipinski definition) is 1. The van der Waals surface area contributed by atoms with Crippen molar-refractivity contribution in [2.75, 3.05) is 26.3 Å². The Morgan fingerprint density at radius 3 is 2.65 bits per heavy atom. The number of aryl methyl sites for hydroxylation is 1. The van der Waals surface area contributed by atoms with Crippen LogP contribution in [0.2, 0.25) is 5.02 Å². The van der Waals surface area contributed by atoms with Crippen molar-refractivity contribution in [2.24, 2.45) is 0 Å². The van der Waals surface area contributed by atoms with Crippen LogP contribution in [-0.4, -0.2) is 47.9 Å². The summed E-state index contributed by atoms with van der Waals surface area (Å²) in [5, 5.41) is 1.70. The fourth-order valence-corrected chi connectivity index (χ4v) is 3.69. The maximum absolute atomic E-state index is 12.9. The number of benzene rings is 1. The lowest BCUT2D eigenvalue weighted by molar-refractivity contribution is -0.181. The highest BCUT2D eigenvalue weighted by molar-refractivity contribution is 6.31. The van der Waals surface area contributed by atoms with Gasteiger partial charge in [-0.25, -0.2) is 0 Å². The molecule has 2 fully saturated rings. The molecule has 2 saturated heterocycles. The maximum Gasteiger partial charge on any atom is 0.270 e. The van der Waals surface area contributed by atoms with Gasteiger partial charge in [-0.3, -0.25) is 4.79 Å². The number of halogens is 1. The van der Waals surface area contributed by atoms with E-state index in [0.717, 1.165) is 29.3 Å². The number of nitrogens with one attached hydrogen (secondary N) is 1. The monoisotopic (exact) mass is 334 g/mol. The topological polar surface area (TPSA) is 54.6 Å². The summed E-state index contributed by atoms with van der Waals surface area (Å²) >= 11 is 6.03. The average Bonchev–Trinajstić information content (AvgIpc) is 3.13. The largest absolute Gasteiger partial charge is 0.350 e. The lowest BCUT2D eigenvalue weighted by atomic mass is 10.0. The number of aromatic nitrogens is 1. The minimum atomic E-state index is -0.459. The van der Waals surface area contributed by atoms with E-state index in [1.54, 1.807) is 0 Å². The fraction of sp³-hybridized carbons (Fsp3) is 0.471. The first kappa shape index (κ1) is 15.0. The van der Waals surface area contributed by atoms with Crippen molar-refractivity contribution in [3.8, 4) is 0 Å². The Labute approximate surface area is 139 Å². The number of nitrogens with zero attached hydrogens (tertiary/aromatic N) is 1. The number of amides is 1. The number of carbonyl (C=O) groups excluding carboxylic acids is 1. The highest BCUT2D eigenvalue weighted by atomic mass is 35.5. The van der Waals surface area contributed by atoms with Crippen molar-refractivity contribution in [3.63, 3.8) is 0 Å². The van der Waals surface area contributed by atoms with Crippen LogP contribution in [0.5, 0.6) is 0 Å². The molecule has 0 bridgehead atoms. The van der Waals surface area contributed by atoms with Crippen LogP contribution in [-0.2, 0) is 9.47 Å². The zero-order valence-electron chi connectivity index (χ0n) is 13.0. The highest BCUT2D eigenvalue weighted by Crippen LogP contribution is 2.32. The molecular weight excluding hydrogens is 316 g/mol. The molecule has 1 aromatic heterocycles. The predicted octanol–water partition coefficient (Wildman–Crippen LogP) is 3.11. The molecule has 2 aliphatic rings. The minimum Gasteiger partial charge on any atom is -0.350 e. The number of H-pyrrole nitrogens is 1. The van der Waals surface area contributed by atoms with Crippen molar-refractivity contribution in [3.05, 3.63) is 34.5 Å². The van der Waals surface area contributed by atoms with Gasteiger partial charge in [-0.15, -0.1) is 0 Å². The summed E-state index contributed by atoms with van der Waals surface area (Å²) in [6, 6.07) is 5.65. The van der Waals surface area contributed by atoms with Gasteiger partial charge in [-0.2, -0.15) is 0 Å². The number of likely N-dealkylation sites (tertiary alicyclic amines) is 1.